The Morgan fingerprint density at radius 3 is 2.59 bits per heavy atom. The van der Waals surface area contributed by atoms with Gasteiger partial charge in [-0.25, -0.2) is 0 Å². The van der Waals surface area contributed by atoms with Crippen LogP contribution in [-0.4, -0.2) is 25.5 Å². The molecule has 0 radical (unpaired) electrons. The lowest BCUT2D eigenvalue weighted by atomic mass is 9.89. The van der Waals surface area contributed by atoms with E-state index in [1.807, 2.05) is 0 Å². The molecule has 1 aromatic carbocycles. The summed E-state index contributed by atoms with van der Waals surface area (Å²) in [5.41, 5.74) is 4.25. The minimum atomic E-state index is 0.280. The summed E-state index contributed by atoms with van der Waals surface area (Å²) in [6.07, 6.45) is 17.9. The first-order valence-corrected chi connectivity index (χ1v) is 15.6. The van der Waals surface area contributed by atoms with Crippen molar-refractivity contribution in [1.82, 2.24) is 5.32 Å². The van der Waals surface area contributed by atoms with Gasteiger partial charge in [-0.2, -0.15) is 0 Å². The van der Waals surface area contributed by atoms with Crippen LogP contribution in [0.1, 0.15) is 117 Å². The number of hydrogen-bond acceptors (Lipinski definition) is 3. The molecular formula is C36H57NO2. The Morgan fingerprint density at radius 2 is 1.95 bits per heavy atom. The second-order valence-electron chi connectivity index (χ2n) is 12.9. The van der Waals surface area contributed by atoms with Gasteiger partial charge in [-0.05, 0) is 106 Å². The normalized spacial score (nSPS) is 15.9. The fourth-order valence-electron chi connectivity index (χ4n) is 5.23. The summed E-state index contributed by atoms with van der Waals surface area (Å²) in [7, 11) is 0. The lowest BCUT2D eigenvalue weighted by Crippen LogP contribution is -2.21. The highest BCUT2D eigenvalue weighted by atomic mass is 16.5. The van der Waals surface area contributed by atoms with Crippen molar-refractivity contribution in [3.05, 3.63) is 65.8 Å². The van der Waals surface area contributed by atoms with Gasteiger partial charge in [0.05, 0.1) is 6.61 Å². The molecule has 0 aromatic heterocycles. The molecule has 3 heteroatoms. The van der Waals surface area contributed by atoms with Crippen molar-refractivity contribution in [2.45, 2.75) is 112 Å². The number of hydrogen-bond donors (Lipinski definition) is 1. The molecule has 0 spiro atoms. The van der Waals surface area contributed by atoms with E-state index < -0.39 is 0 Å². The number of carbonyl (C=O) groups is 1. The van der Waals surface area contributed by atoms with Gasteiger partial charge in [-0.15, -0.1) is 0 Å². The molecule has 3 nitrogen and oxygen atoms in total. The molecule has 0 bridgehead atoms. The molecule has 1 aliphatic rings. The topological polar surface area (TPSA) is 38.3 Å². The lowest BCUT2D eigenvalue weighted by Gasteiger charge is -2.19. The maximum Gasteiger partial charge on any atom is 0.130 e. The number of benzene rings is 1. The lowest BCUT2D eigenvalue weighted by molar-refractivity contribution is -0.117. The van der Waals surface area contributed by atoms with Crippen molar-refractivity contribution in [2.24, 2.45) is 17.3 Å². The van der Waals surface area contributed by atoms with Gasteiger partial charge in [-0.1, -0.05) is 89.1 Å². The number of allylic oxidation sites excluding steroid dienone is 4. The standard InChI is InChI=1S/C36H57NO2/c1-8-12-31(27-39-34-15-10-14-33(26-34)35(25-29(4)38)32-18-19-32)21-24-37-23-20-30(9-2)17-16-28(3)13-11-22-36(5,6)7/h10,14-17,20,26,31-32,35,37H,3,8-9,11-13,18-19,21-25,27H2,1-2,4-7H3/b17-16-,30-20-. The number of rotatable bonds is 20. The molecule has 2 atom stereocenters. The Bertz CT molecular complexity index is 932. The van der Waals surface area contributed by atoms with E-state index in [-0.39, 0.29) is 5.78 Å². The van der Waals surface area contributed by atoms with Crippen LogP contribution >= 0.6 is 0 Å². The van der Waals surface area contributed by atoms with Gasteiger partial charge in [0, 0.05) is 13.0 Å². The van der Waals surface area contributed by atoms with E-state index in [4.69, 9.17) is 4.74 Å². The number of ketones is 1. The van der Waals surface area contributed by atoms with E-state index in [0.717, 1.165) is 44.7 Å². The SMILES string of the molecule is C=C(/C=C\C(=C/CNCCC(CCC)COc1cccc(C(CC(C)=O)C2CC2)c1)CC)CCCC(C)(C)C. The van der Waals surface area contributed by atoms with E-state index in [2.05, 4.69) is 89.0 Å². The highest BCUT2D eigenvalue weighted by Gasteiger charge is 2.33. The number of nitrogens with one attached hydrogen (secondary N) is 1. The molecule has 1 aliphatic carbocycles. The Morgan fingerprint density at radius 1 is 1.18 bits per heavy atom. The third-order valence-electron chi connectivity index (χ3n) is 7.77. The van der Waals surface area contributed by atoms with Crippen LogP contribution in [0.2, 0.25) is 0 Å². The summed E-state index contributed by atoms with van der Waals surface area (Å²) in [5, 5.41) is 3.62. The molecule has 1 N–H and O–H groups in total. The van der Waals surface area contributed by atoms with Gasteiger partial charge in [0.1, 0.15) is 11.5 Å². The third kappa shape index (κ3) is 14.7. The minimum absolute atomic E-state index is 0.280. The van der Waals surface area contributed by atoms with Crippen molar-refractivity contribution in [3.63, 3.8) is 0 Å². The van der Waals surface area contributed by atoms with Gasteiger partial charge >= 0.3 is 0 Å². The van der Waals surface area contributed by atoms with E-state index in [9.17, 15) is 4.79 Å². The molecule has 1 aromatic rings. The first kappa shape index (κ1) is 33.1. The van der Waals surface area contributed by atoms with Gasteiger partial charge in [0.15, 0.2) is 0 Å². The fourth-order valence-corrected chi connectivity index (χ4v) is 5.23. The fraction of sp³-hybridized carbons (Fsp3) is 0.639. The molecule has 0 heterocycles. The quantitative estimate of drug-likeness (QED) is 0.133. The number of ether oxygens (including phenoxy) is 1. The zero-order chi connectivity index (χ0) is 28.7. The largest absolute Gasteiger partial charge is 0.493 e. The van der Waals surface area contributed by atoms with Crippen molar-refractivity contribution >= 4 is 5.78 Å². The number of carbonyl (C=O) groups excluding carboxylic acids is 1. The average Bonchev–Trinajstić information content (AvgIpc) is 3.72. The molecule has 39 heavy (non-hydrogen) atoms. The predicted octanol–water partition coefficient (Wildman–Crippen LogP) is 9.60. The van der Waals surface area contributed by atoms with Crippen LogP contribution in [0.5, 0.6) is 5.75 Å². The predicted molar refractivity (Wildman–Crippen MR) is 169 cm³/mol. The zero-order valence-corrected chi connectivity index (χ0v) is 26.0. The Balaban J connectivity index is 1.76. The monoisotopic (exact) mass is 535 g/mol. The van der Waals surface area contributed by atoms with Crippen LogP contribution in [0.25, 0.3) is 0 Å². The van der Waals surface area contributed by atoms with Crippen molar-refractivity contribution in [1.29, 1.82) is 0 Å². The molecule has 0 saturated heterocycles. The summed E-state index contributed by atoms with van der Waals surface area (Å²) >= 11 is 0. The van der Waals surface area contributed by atoms with Crippen molar-refractivity contribution < 1.29 is 9.53 Å². The van der Waals surface area contributed by atoms with Crippen LogP contribution in [0, 0.1) is 17.3 Å². The molecule has 2 unspecified atom stereocenters. The molecular weight excluding hydrogens is 478 g/mol. The first-order chi connectivity index (χ1) is 18.6. The summed E-state index contributed by atoms with van der Waals surface area (Å²) in [6.45, 7) is 20.0. The number of Topliss-reactive ketones (excluding diaryl/α,β-unsaturated/α-hetero) is 1. The van der Waals surface area contributed by atoms with Crippen LogP contribution in [0.4, 0.5) is 0 Å². The molecule has 1 saturated carbocycles. The Hall–Kier alpha value is -2.13. The zero-order valence-electron chi connectivity index (χ0n) is 26.0. The second kappa shape index (κ2) is 17.5. The first-order valence-electron chi connectivity index (χ1n) is 15.6. The second-order valence-corrected chi connectivity index (χ2v) is 12.9. The molecule has 218 valence electrons. The van der Waals surface area contributed by atoms with Gasteiger partial charge in [0.2, 0.25) is 0 Å². The van der Waals surface area contributed by atoms with Crippen LogP contribution in [0.15, 0.2) is 60.2 Å². The van der Waals surface area contributed by atoms with Crippen LogP contribution in [-0.2, 0) is 4.79 Å². The van der Waals surface area contributed by atoms with Crippen LogP contribution < -0.4 is 10.1 Å². The highest BCUT2D eigenvalue weighted by molar-refractivity contribution is 5.76. The summed E-state index contributed by atoms with van der Waals surface area (Å²) < 4.78 is 6.29. The minimum Gasteiger partial charge on any atom is -0.493 e. The molecule has 0 aliphatic heterocycles. The summed E-state index contributed by atoms with van der Waals surface area (Å²) in [5.74, 6) is 2.77. The smallest absolute Gasteiger partial charge is 0.130 e. The van der Waals surface area contributed by atoms with Crippen molar-refractivity contribution in [3.8, 4) is 5.75 Å². The van der Waals surface area contributed by atoms with E-state index in [1.165, 1.54) is 55.2 Å². The molecule has 0 amide bonds. The maximum absolute atomic E-state index is 11.8. The molecule has 2 rings (SSSR count). The van der Waals surface area contributed by atoms with E-state index in [0.29, 0.717) is 29.6 Å². The van der Waals surface area contributed by atoms with Gasteiger partial charge in [0.25, 0.3) is 0 Å². The highest BCUT2D eigenvalue weighted by Crippen LogP contribution is 2.45. The maximum atomic E-state index is 11.8. The average molecular weight is 536 g/mol. The summed E-state index contributed by atoms with van der Waals surface area (Å²) in [4.78, 5) is 11.8. The van der Waals surface area contributed by atoms with E-state index >= 15 is 0 Å². The van der Waals surface area contributed by atoms with E-state index in [1.54, 1.807) is 6.92 Å². The third-order valence-corrected chi connectivity index (χ3v) is 7.77. The van der Waals surface area contributed by atoms with Crippen molar-refractivity contribution in [2.75, 3.05) is 19.7 Å². The van der Waals surface area contributed by atoms with Crippen LogP contribution in [0.3, 0.4) is 0 Å². The molecule has 1 fully saturated rings. The Kier molecular flexibility index (Phi) is 14.9. The summed E-state index contributed by atoms with van der Waals surface area (Å²) in [6, 6.07) is 8.50. The Labute approximate surface area is 240 Å². The van der Waals surface area contributed by atoms with Gasteiger partial charge < -0.3 is 14.8 Å². The van der Waals surface area contributed by atoms with Gasteiger partial charge in [-0.3, -0.25) is 0 Å².